The van der Waals surface area contributed by atoms with Crippen LogP contribution >= 0.6 is 0 Å². The number of para-hydroxylation sites is 1. The van der Waals surface area contributed by atoms with Gasteiger partial charge in [-0.3, -0.25) is 4.79 Å². The van der Waals surface area contributed by atoms with Crippen LogP contribution in [0, 0.1) is 18.7 Å². The monoisotopic (exact) mass is 350 g/mol. The Morgan fingerprint density at radius 2 is 1.73 bits per heavy atom. The minimum absolute atomic E-state index is 0.136. The zero-order chi connectivity index (χ0) is 18.7. The number of rotatable bonds is 5. The van der Waals surface area contributed by atoms with Gasteiger partial charge in [-0.05, 0) is 36.6 Å². The van der Waals surface area contributed by atoms with Crippen LogP contribution in [0.1, 0.15) is 29.9 Å². The normalized spacial score (nSPS) is 11.0. The van der Waals surface area contributed by atoms with Gasteiger partial charge in [0, 0.05) is 12.2 Å². The van der Waals surface area contributed by atoms with Crippen LogP contribution in [-0.4, -0.2) is 17.0 Å². The molecule has 3 rings (SSSR count). The number of hydrogen-bond acceptors (Lipinski definition) is 1. The first-order chi connectivity index (χ1) is 12.5. The summed E-state index contributed by atoms with van der Waals surface area (Å²) in [6.45, 7) is 6.55. The van der Waals surface area contributed by atoms with Crippen molar-refractivity contribution in [2.45, 2.75) is 20.8 Å². The Hall–Kier alpha value is -2.88. The fraction of sp³-hybridized carbons (Fsp3) is 0.227. The third-order valence-corrected chi connectivity index (χ3v) is 4.33. The van der Waals surface area contributed by atoms with Crippen LogP contribution in [0.2, 0.25) is 0 Å². The number of benzene rings is 2. The van der Waals surface area contributed by atoms with E-state index >= 15 is 0 Å². The molecule has 3 nitrogen and oxygen atoms in total. The summed E-state index contributed by atoms with van der Waals surface area (Å²) in [5.74, 6) is -0.0949. The molecule has 1 amide bonds. The van der Waals surface area contributed by atoms with E-state index in [1.54, 1.807) is 18.2 Å². The van der Waals surface area contributed by atoms with Gasteiger partial charge in [0.25, 0.3) is 5.91 Å². The first-order valence-corrected chi connectivity index (χ1v) is 8.80. The first-order valence-electron chi connectivity index (χ1n) is 8.80. The number of carbonyl (C=O) groups is 1. The Kier molecular flexibility index (Phi) is 5.21. The lowest BCUT2D eigenvalue weighted by Gasteiger charge is -2.13. The molecule has 0 bridgehead atoms. The van der Waals surface area contributed by atoms with Crippen LogP contribution in [0.25, 0.3) is 16.9 Å². The lowest BCUT2D eigenvalue weighted by Crippen LogP contribution is -2.27. The van der Waals surface area contributed by atoms with E-state index in [1.165, 1.54) is 6.07 Å². The second-order valence-corrected chi connectivity index (χ2v) is 6.79. The van der Waals surface area contributed by atoms with E-state index in [9.17, 15) is 9.18 Å². The molecule has 134 valence electrons. The smallest absolute Gasteiger partial charge is 0.253 e. The van der Waals surface area contributed by atoms with E-state index in [1.807, 2.05) is 61.7 Å². The van der Waals surface area contributed by atoms with Crippen molar-refractivity contribution in [2.24, 2.45) is 5.92 Å². The summed E-state index contributed by atoms with van der Waals surface area (Å²) in [6.07, 6.45) is 0. The van der Waals surface area contributed by atoms with Gasteiger partial charge >= 0.3 is 0 Å². The molecule has 0 unspecified atom stereocenters. The van der Waals surface area contributed by atoms with Gasteiger partial charge in [-0.2, -0.15) is 0 Å². The Morgan fingerprint density at radius 1 is 1.08 bits per heavy atom. The molecule has 0 atom stereocenters. The lowest BCUT2D eigenvalue weighted by atomic mass is 10.1. The quantitative estimate of drug-likeness (QED) is 0.692. The van der Waals surface area contributed by atoms with Crippen molar-refractivity contribution in [2.75, 3.05) is 6.54 Å². The largest absolute Gasteiger partial charge is 0.352 e. The molecule has 1 N–H and O–H groups in total. The van der Waals surface area contributed by atoms with Crippen LogP contribution in [0.4, 0.5) is 4.39 Å². The summed E-state index contributed by atoms with van der Waals surface area (Å²) < 4.78 is 16.3. The molecule has 0 spiro atoms. The molecule has 2 aromatic carbocycles. The van der Waals surface area contributed by atoms with Crippen molar-refractivity contribution in [1.82, 2.24) is 9.88 Å². The van der Waals surface area contributed by atoms with Gasteiger partial charge in [0.05, 0.1) is 16.9 Å². The molecule has 0 saturated carbocycles. The summed E-state index contributed by atoms with van der Waals surface area (Å²) in [5.41, 5.74) is 3.44. The molecule has 0 fully saturated rings. The molecular formula is C22H23FN2O. The van der Waals surface area contributed by atoms with Crippen LogP contribution < -0.4 is 5.32 Å². The maximum atomic E-state index is 14.5. The van der Waals surface area contributed by atoms with Crippen LogP contribution in [0.3, 0.4) is 0 Å². The fourth-order valence-corrected chi connectivity index (χ4v) is 2.99. The summed E-state index contributed by atoms with van der Waals surface area (Å²) in [4.78, 5) is 12.7. The van der Waals surface area contributed by atoms with Gasteiger partial charge in [-0.25, -0.2) is 4.39 Å². The maximum Gasteiger partial charge on any atom is 0.253 e. The minimum Gasteiger partial charge on any atom is -0.352 e. The Balaban J connectivity index is 2.15. The number of carbonyl (C=O) groups excluding carboxylic acids is 1. The molecule has 0 saturated heterocycles. The Morgan fingerprint density at radius 3 is 2.38 bits per heavy atom. The molecule has 0 aliphatic heterocycles. The molecule has 1 aromatic heterocycles. The van der Waals surface area contributed by atoms with E-state index in [0.29, 0.717) is 23.7 Å². The van der Waals surface area contributed by atoms with Crippen molar-refractivity contribution in [3.8, 4) is 16.9 Å². The third-order valence-electron chi connectivity index (χ3n) is 4.33. The zero-order valence-corrected chi connectivity index (χ0v) is 15.3. The van der Waals surface area contributed by atoms with Crippen molar-refractivity contribution in [3.05, 3.63) is 77.7 Å². The van der Waals surface area contributed by atoms with Gasteiger partial charge in [0.1, 0.15) is 5.82 Å². The third kappa shape index (κ3) is 3.54. The topological polar surface area (TPSA) is 34.0 Å². The summed E-state index contributed by atoms with van der Waals surface area (Å²) in [5, 5.41) is 2.95. The summed E-state index contributed by atoms with van der Waals surface area (Å²) in [6, 6.07) is 18.2. The summed E-state index contributed by atoms with van der Waals surface area (Å²) in [7, 11) is 0. The maximum absolute atomic E-state index is 14.5. The highest BCUT2D eigenvalue weighted by atomic mass is 19.1. The van der Waals surface area contributed by atoms with Gasteiger partial charge < -0.3 is 9.88 Å². The second-order valence-electron chi connectivity index (χ2n) is 6.79. The van der Waals surface area contributed by atoms with Crippen LogP contribution in [0.5, 0.6) is 0 Å². The predicted octanol–water partition coefficient (Wildman–Crippen LogP) is 4.98. The van der Waals surface area contributed by atoms with Gasteiger partial charge in [0.2, 0.25) is 0 Å². The molecule has 26 heavy (non-hydrogen) atoms. The average molecular weight is 350 g/mol. The van der Waals surface area contributed by atoms with E-state index in [0.717, 1.165) is 17.0 Å². The molecule has 1 heterocycles. The molecule has 3 aromatic rings. The second kappa shape index (κ2) is 7.56. The van der Waals surface area contributed by atoms with Crippen LogP contribution in [0.15, 0.2) is 60.7 Å². The van der Waals surface area contributed by atoms with E-state index in [2.05, 4.69) is 5.32 Å². The highest BCUT2D eigenvalue weighted by Crippen LogP contribution is 2.30. The fourth-order valence-electron chi connectivity index (χ4n) is 2.99. The number of halogens is 1. The number of amides is 1. The Labute approximate surface area is 153 Å². The number of nitrogens with one attached hydrogen (secondary N) is 1. The molecule has 0 radical (unpaired) electrons. The van der Waals surface area contributed by atoms with E-state index in [-0.39, 0.29) is 11.7 Å². The van der Waals surface area contributed by atoms with Crippen molar-refractivity contribution >= 4 is 5.91 Å². The lowest BCUT2D eigenvalue weighted by molar-refractivity contribution is 0.0948. The van der Waals surface area contributed by atoms with Crippen LogP contribution in [-0.2, 0) is 0 Å². The average Bonchev–Trinajstić information content (AvgIpc) is 2.98. The molecule has 0 aliphatic rings. The van der Waals surface area contributed by atoms with Crippen molar-refractivity contribution in [3.63, 3.8) is 0 Å². The highest BCUT2D eigenvalue weighted by molar-refractivity contribution is 5.97. The minimum atomic E-state index is -0.322. The molecular weight excluding hydrogens is 327 g/mol. The van der Waals surface area contributed by atoms with E-state index < -0.39 is 0 Å². The molecule has 0 aliphatic carbocycles. The van der Waals surface area contributed by atoms with Gasteiger partial charge in [0.15, 0.2) is 0 Å². The molecule has 4 heteroatoms. The van der Waals surface area contributed by atoms with Gasteiger partial charge in [-0.1, -0.05) is 56.3 Å². The zero-order valence-electron chi connectivity index (χ0n) is 15.3. The van der Waals surface area contributed by atoms with Crippen molar-refractivity contribution < 1.29 is 9.18 Å². The Bertz CT molecular complexity index is 913. The summed E-state index contributed by atoms with van der Waals surface area (Å²) >= 11 is 0. The first kappa shape index (κ1) is 17.9. The SMILES string of the molecule is Cc1c(C(=O)NCC(C)C)cc(-c2ccccc2)n1-c1ccccc1F. The predicted molar refractivity (Wildman–Crippen MR) is 103 cm³/mol. The van der Waals surface area contributed by atoms with Gasteiger partial charge in [-0.15, -0.1) is 0 Å². The number of nitrogens with zero attached hydrogens (tertiary/aromatic N) is 1. The highest BCUT2D eigenvalue weighted by Gasteiger charge is 2.21. The van der Waals surface area contributed by atoms with Crippen molar-refractivity contribution in [1.29, 1.82) is 0 Å². The van der Waals surface area contributed by atoms with E-state index in [4.69, 9.17) is 0 Å². The number of aromatic nitrogens is 1. The number of hydrogen-bond donors (Lipinski definition) is 1. The standard InChI is InChI=1S/C22H23FN2O/c1-15(2)14-24-22(26)18-13-21(17-9-5-4-6-10-17)25(16(18)3)20-12-8-7-11-19(20)23/h4-13,15H,14H2,1-3H3,(H,24,26).